The van der Waals surface area contributed by atoms with E-state index in [0.29, 0.717) is 0 Å². The number of carbonyl (C=O) groups is 2. The molecular weight excluding hydrogens is 280 g/mol. The number of hydrogen-bond acceptors (Lipinski definition) is 5. The van der Waals surface area contributed by atoms with Gasteiger partial charge in [0, 0.05) is 0 Å². The number of aromatic nitrogens is 2. The van der Waals surface area contributed by atoms with E-state index in [1.165, 1.54) is 12.3 Å². The van der Waals surface area contributed by atoms with Gasteiger partial charge in [-0.1, -0.05) is 13.8 Å². The minimum atomic E-state index is -1.01. The molecule has 2 N–H and O–H groups in total. The van der Waals surface area contributed by atoms with Crippen LogP contribution < -0.4 is 5.32 Å². The van der Waals surface area contributed by atoms with Crippen LogP contribution in [0.5, 0.6) is 0 Å². The van der Waals surface area contributed by atoms with Gasteiger partial charge in [-0.05, 0) is 17.8 Å². The number of rotatable bonds is 7. The summed E-state index contributed by atoms with van der Waals surface area (Å²) >= 11 is 0. The molecule has 0 spiro atoms. The van der Waals surface area contributed by atoms with Crippen molar-refractivity contribution < 1.29 is 19.6 Å². The summed E-state index contributed by atoms with van der Waals surface area (Å²) < 4.78 is 1.13. The molecule has 1 unspecified atom stereocenters. The van der Waals surface area contributed by atoms with Gasteiger partial charge in [0.25, 0.3) is 0 Å². The SMILES string of the molecule is CC(C)C(C)(CC(=O)O)NC(=O)Cn1ccc([N+](=O)[O-])n1. The van der Waals surface area contributed by atoms with E-state index in [0.717, 1.165) is 4.68 Å². The fourth-order valence-corrected chi connectivity index (χ4v) is 1.75. The maximum absolute atomic E-state index is 12.0. The second-order valence-corrected chi connectivity index (χ2v) is 5.32. The van der Waals surface area contributed by atoms with E-state index in [9.17, 15) is 19.7 Å². The Balaban J connectivity index is 2.73. The summed E-state index contributed by atoms with van der Waals surface area (Å²) in [6.07, 6.45) is 1.11. The van der Waals surface area contributed by atoms with Crippen LogP contribution in [0.15, 0.2) is 12.3 Å². The number of carboxylic acids is 1. The molecule has 1 heterocycles. The lowest BCUT2D eigenvalue weighted by Crippen LogP contribution is -2.52. The Bertz CT molecular complexity index is 554. The number of carboxylic acid groups (broad SMARTS) is 1. The predicted molar refractivity (Wildman–Crippen MR) is 72.5 cm³/mol. The first-order chi connectivity index (χ1) is 9.64. The van der Waals surface area contributed by atoms with Crippen molar-refractivity contribution in [2.24, 2.45) is 5.92 Å². The van der Waals surface area contributed by atoms with Gasteiger partial charge in [-0.15, -0.1) is 0 Å². The van der Waals surface area contributed by atoms with Crippen molar-refractivity contribution in [1.29, 1.82) is 0 Å². The van der Waals surface area contributed by atoms with E-state index < -0.39 is 22.3 Å². The quantitative estimate of drug-likeness (QED) is 0.566. The van der Waals surface area contributed by atoms with Gasteiger partial charge in [0.15, 0.2) is 0 Å². The van der Waals surface area contributed by atoms with Crippen molar-refractivity contribution in [1.82, 2.24) is 15.1 Å². The minimum absolute atomic E-state index is 0.0930. The van der Waals surface area contributed by atoms with Crippen molar-refractivity contribution in [3.05, 3.63) is 22.4 Å². The first-order valence-corrected chi connectivity index (χ1v) is 6.34. The molecule has 0 aliphatic heterocycles. The van der Waals surface area contributed by atoms with Crippen LogP contribution in [0.25, 0.3) is 0 Å². The fourth-order valence-electron chi connectivity index (χ4n) is 1.75. The summed E-state index contributed by atoms with van der Waals surface area (Å²) in [5, 5.41) is 25.7. The Morgan fingerprint density at radius 1 is 1.57 bits per heavy atom. The maximum atomic E-state index is 12.0. The van der Waals surface area contributed by atoms with E-state index in [1.54, 1.807) is 6.92 Å². The third-order valence-corrected chi connectivity index (χ3v) is 3.34. The van der Waals surface area contributed by atoms with Gasteiger partial charge in [-0.2, -0.15) is 4.68 Å². The molecule has 1 aromatic heterocycles. The number of nitro groups is 1. The third-order valence-electron chi connectivity index (χ3n) is 3.34. The standard InChI is InChI=1S/C12H18N4O5/c1-8(2)12(3,6-11(18)19)13-10(17)7-15-5-4-9(14-15)16(20)21/h4-5,8H,6-7H2,1-3H3,(H,13,17)(H,18,19). The van der Waals surface area contributed by atoms with Gasteiger partial charge >= 0.3 is 11.8 Å². The first-order valence-electron chi connectivity index (χ1n) is 6.34. The average Bonchev–Trinajstić information content (AvgIpc) is 2.75. The van der Waals surface area contributed by atoms with Gasteiger partial charge in [0.2, 0.25) is 5.91 Å². The number of hydrogen-bond donors (Lipinski definition) is 2. The van der Waals surface area contributed by atoms with Crippen molar-refractivity contribution in [2.45, 2.75) is 39.3 Å². The highest BCUT2D eigenvalue weighted by Gasteiger charge is 2.33. The van der Waals surface area contributed by atoms with Crippen molar-refractivity contribution in [3.8, 4) is 0 Å². The van der Waals surface area contributed by atoms with Crippen LogP contribution in [0.4, 0.5) is 5.82 Å². The fraction of sp³-hybridized carbons (Fsp3) is 0.583. The summed E-state index contributed by atoms with van der Waals surface area (Å²) in [5.74, 6) is -1.91. The summed E-state index contributed by atoms with van der Waals surface area (Å²) in [6.45, 7) is 5.05. The molecule has 0 aromatic carbocycles. The van der Waals surface area contributed by atoms with Gasteiger partial charge in [0.05, 0.1) is 29.3 Å². The molecule has 1 atom stereocenters. The zero-order chi connectivity index (χ0) is 16.2. The number of nitrogens with one attached hydrogen (secondary N) is 1. The van der Waals surface area contributed by atoms with Crippen LogP contribution >= 0.6 is 0 Å². The highest BCUT2D eigenvalue weighted by molar-refractivity contribution is 5.78. The Morgan fingerprint density at radius 3 is 2.62 bits per heavy atom. The lowest BCUT2D eigenvalue weighted by atomic mass is 9.85. The highest BCUT2D eigenvalue weighted by atomic mass is 16.6. The van der Waals surface area contributed by atoms with E-state index in [1.807, 2.05) is 13.8 Å². The molecule has 0 aliphatic carbocycles. The molecule has 116 valence electrons. The molecule has 1 aromatic rings. The van der Waals surface area contributed by atoms with Crippen molar-refractivity contribution >= 4 is 17.7 Å². The van der Waals surface area contributed by atoms with Crippen LogP contribution in [0.1, 0.15) is 27.2 Å². The molecule has 9 nitrogen and oxygen atoms in total. The Kier molecular flexibility index (Phi) is 5.01. The Hall–Kier alpha value is -2.45. The van der Waals surface area contributed by atoms with Gasteiger partial charge in [-0.25, -0.2) is 0 Å². The summed E-state index contributed by atoms with van der Waals surface area (Å²) in [7, 11) is 0. The second kappa shape index (κ2) is 6.33. The number of carbonyl (C=O) groups excluding carboxylic acids is 1. The van der Waals surface area contributed by atoms with Gasteiger partial charge < -0.3 is 20.5 Å². The maximum Gasteiger partial charge on any atom is 0.389 e. The smallest absolute Gasteiger partial charge is 0.389 e. The van der Waals surface area contributed by atoms with E-state index >= 15 is 0 Å². The molecular formula is C12H18N4O5. The monoisotopic (exact) mass is 298 g/mol. The van der Waals surface area contributed by atoms with Gasteiger partial charge in [0.1, 0.15) is 6.54 Å². The molecule has 0 saturated heterocycles. The lowest BCUT2D eigenvalue weighted by Gasteiger charge is -2.33. The van der Waals surface area contributed by atoms with Crippen LogP contribution in [-0.4, -0.2) is 37.2 Å². The Labute approximate surface area is 121 Å². The first kappa shape index (κ1) is 16.6. The number of amides is 1. The zero-order valence-electron chi connectivity index (χ0n) is 12.1. The second-order valence-electron chi connectivity index (χ2n) is 5.32. The topological polar surface area (TPSA) is 127 Å². The van der Waals surface area contributed by atoms with Crippen LogP contribution in [0, 0.1) is 16.0 Å². The van der Waals surface area contributed by atoms with Crippen molar-refractivity contribution in [3.63, 3.8) is 0 Å². The van der Waals surface area contributed by atoms with Crippen LogP contribution in [-0.2, 0) is 16.1 Å². The van der Waals surface area contributed by atoms with E-state index in [-0.39, 0.29) is 24.7 Å². The minimum Gasteiger partial charge on any atom is -0.481 e. The molecule has 0 fully saturated rings. The average molecular weight is 298 g/mol. The van der Waals surface area contributed by atoms with E-state index in [4.69, 9.17) is 5.11 Å². The highest BCUT2D eigenvalue weighted by Crippen LogP contribution is 2.20. The lowest BCUT2D eigenvalue weighted by molar-refractivity contribution is -0.389. The molecule has 1 amide bonds. The number of nitrogens with zero attached hydrogens (tertiary/aromatic N) is 3. The molecule has 21 heavy (non-hydrogen) atoms. The van der Waals surface area contributed by atoms with Gasteiger partial charge in [-0.3, -0.25) is 9.59 Å². The molecule has 0 saturated carbocycles. The van der Waals surface area contributed by atoms with Crippen LogP contribution in [0.2, 0.25) is 0 Å². The predicted octanol–water partition coefficient (Wildman–Crippen LogP) is 0.797. The molecule has 0 bridgehead atoms. The largest absolute Gasteiger partial charge is 0.481 e. The van der Waals surface area contributed by atoms with Crippen molar-refractivity contribution in [2.75, 3.05) is 0 Å². The van der Waals surface area contributed by atoms with Crippen LogP contribution in [0.3, 0.4) is 0 Å². The molecule has 9 heteroatoms. The van der Waals surface area contributed by atoms with E-state index in [2.05, 4.69) is 10.4 Å². The number of aliphatic carboxylic acids is 1. The normalized spacial score (nSPS) is 13.7. The summed E-state index contributed by atoms with van der Waals surface area (Å²) in [6, 6.07) is 1.19. The molecule has 1 rings (SSSR count). The summed E-state index contributed by atoms with van der Waals surface area (Å²) in [4.78, 5) is 32.7. The zero-order valence-corrected chi connectivity index (χ0v) is 12.1. The molecule has 0 radical (unpaired) electrons. The molecule has 0 aliphatic rings. The summed E-state index contributed by atoms with van der Waals surface area (Å²) in [5.41, 5.74) is -0.901. The Morgan fingerprint density at radius 2 is 2.19 bits per heavy atom. The third kappa shape index (κ3) is 4.55.